The number of rotatable bonds is 3. The maximum absolute atomic E-state index is 12.1. The predicted octanol–water partition coefficient (Wildman–Crippen LogP) is -7.36. The number of carboxylic acids is 2. The molecule has 0 unspecified atom stereocenters. The summed E-state index contributed by atoms with van der Waals surface area (Å²) in [5, 5.41) is 21.4. The summed E-state index contributed by atoms with van der Waals surface area (Å²) in [6.45, 7) is 0. The molecule has 1 aromatic carbocycles. The van der Waals surface area contributed by atoms with Gasteiger partial charge in [-0.15, -0.1) is 0 Å². The van der Waals surface area contributed by atoms with Crippen LogP contribution in [-0.4, -0.2) is 19.0 Å². The number of hydrogen-bond acceptors (Lipinski definition) is 9. The summed E-state index contributed by atoms with van der Waals surface area (Å²) in [5.74, 6) is -5.16. The minimum Gasteiger partial charge on any atom is -0.542 e. The van der Waals surface area contributed by atoms with Crippen LogP contribution in [0.2, 0.25) is 0 Å². The molecule has 122 valence electrons. The Kier molecular flexibility index (Phi) is 7.23. The van der Waals surface area contributed by atoms with Crippen LogP contribution in [0.5, 0.6) is 5.75 Å². The second-order valence-electron chi connectivity index (χ2n) is 4.68. The van der Waals surface area contributed by atoms with Crippen LogP contribution in [0.1, 0.15) is 21.1 Å². The number of hydrogen-bond donors (Lipinski definition) is 0. The van der Waals surface area contributed by atoms with Gasteiger partial charge in [-0.3, -0.25) is 9.59 Å². The third-order valence-electron chi connectivity index (χ3n) is 3.27. The number of benzene rings is 1. The van der Waals surface area contributed by atoms with Crippen molar-refractivity contribution in [3.05, 3.63) is 50.2 Å². The molecule has 0 aliphatic heterocycles. The molecule has 0 fully saturated rings. The van der Waals surface area contributed by atoms with Gasteiger partial charge in [0.05, 0.1) is 7.11 Å². The zero-order chi connectivity index (χ0) is 17.6. The van der Waals surface area contributed by atoms with E-state index in [-0.39, 0.29) is 86.8 Å². The van der Waals surface area contributed by atoms with Crippen molar-refractivity contribution in [2.45, 2.75) is 0 Å². The zero-order valence-electron chi connectivity index (χ0n) is 13.9. The standard InChI is InChI=1S/C15H8O9.2Na/c1-22-13-11-5(16)2-9(14(18)19)23-7(11)4-8-12(13)6(17)3-10(24-8)15(20)21;;/h2-4H,1H3,(H,18,19)(H,20,21);;/q;2*+1/p-2. The molecule has 0 bridgehead atoms. The number of carboxylic acid groups (broad SMARTS) is 2. The first-order chi connectivity index (χ1) is 11.3. The molecule has 0 spiro atoms. The summed E-state index contributed by atoms with van der Waals surface area (Å²) < 4.78 is 15.1. The van der Waals surface area contributed by atoms with Crippen molar-refractivity contribution < 1.29 is 92.5 Å². The summed E-state index contributed by atoms with van der Waals surface area (Å²) in [6, 6.07) is 2.39. The van der Waals surface area contributed by atoms with Gasteiger partial charge in [-0.25, -0.2) is 0 Å². The van der Waals surface area contributed by atoms with Gasteiger partial charge in [-0.05, 0) is 0 Å². The fourth-order valence-corrected chi connectivity index (χ4v) is 2.32. The number of ether oxygens (including phenoxy) is 1. The van der Waals surface area contributed by atoms with Gasteiger partial charge in [-0.1, -0.05) is 0 Å². The number of fused-ring (bicyclic) bond motifs is 2. The molecule has 0 atom stereocenters. The monoisotopic (exact) mass is 376 g/mol. The molecule has 3 aromatic rings. The molecular formula is C15H6Na2O9. The van der Waals surface area contributed by atoms with Crippen LogP contribution in [-0.2, 0) is 0 Å². The van der Waals surface area contributed by atoms with Gasteiger partial charge in [-0.2, -0.15) is 0 Å². The molecule has 0 amide bonds. The Labute approximate surface area is 188 Å². The number of carbonyl (C=O) groups is 2. The van der Waals surface area contributed by atoms with Gasteiger partial charge in [0.25, 0.3) is 0 Å². The van der Waals surface area contributed by atoms with E-state index in [9.17, 15) is 29.4 Å². The van der Waals surface area contributed by atoms with Crippen LogP contribution in [0.3, 0.4) is 0 Å². The second kappa shape index (κ2) is 8.38. The zero-order valence-corrected chi connectivity index (χ0v) is 17.9. The molecule has 11 heteroatoms. The third-order valence-corrected chi connectivity index (χ3v) is 3.27. The number of methoxy groups -OCH3 is 1. The second-order valence-corrected chi connectivity index (χ2v) is 4.68. The normalized spacial score (nSPS) is 10.0. The summed E-state index contributed by atoms with van der Waals surface area (Å²) in [6.07, 6.45) is 0. The summed E-state index contributed by atoms with van der Waals surface area (Å²) in [4.78, 5) is 46.0. The van der Waals surface area contributed by atoms with Gasteiger partial charge < -0.3 is 33.4 Å². The fraction of sp³-hybridized carbons (Fsp3) is 0.0667. The third kappa shape index (κ3) is 3.73. The molecule has 0 saturated carbocycles. The van der Waals surface area contributed by atoms with E-state index in [1.165, 1.54) is 7.11 Å². The molecule has 3 rings (SSSR count). The number of carbonyl (C=O) groups excluding carboxylic acids is 2. The molecule has 0 aliphatic carbocycles. The van der Waals surface area contributed by atoms with E-state index in [4.69, 9.17) is 13.6 Å². The minimum absolute atomic E-state index is 0. The van der Waals surface area contributed by atoms with Crippen molar-refractivity contribution in [1.82, 2.24) is 0 Å². The maximum atomic E-state index is 12.1. The van der Waals surface area contributed by atoms with E-state index in [1.807, 2.05) is 0 Å². The van der Waals surface area contributed by atoms with Crippen molar-refractivity contribution >= 4 is 33.9 Å². The fourth-order valence-electron chi connectivity index (χ4n) is 2.32. The number of aromatic carboxylic acids is 2. The summed E-state index contributed by atoms with van der Waals surface area (Å²) in [5.41, 5.74) is -2.11. The Morgan fingerprint density at radius 2 is 1.23 bits per heavy atom. The molecule has 9 nitrogen and oxygen atoms in total. The Hall–Kier alpha value is -1.62. The van der Waals surface area contributed by atoms with Crippen LogP contribution in [0.4, 0.5) is 0 Å². The van der Waals surface area contributed by atoms with E-state index < -0.39 is 34.3 Å². The van der Waals surface area contributed by atoms with Crippen LogP contribution < -0.4 is 84.9 Å². The van der Waals surface area contributed by atoms with Crippen molar-refractivity contribution in [3.8, 4) is 5.75 Å². The van der Waals surface area contributed by atoms with Crippen LogP contribution in [0.15, 0.2) is 36.6 Å². The van der Waals surface area contributed by atoms with Gasteiger partial charge >= 0.3 is 59.1 Å². The van der Waals surface area contributed by atoms with Crippen LogP contribution in [0, 0.1) is 0 Å². The topological polar surface area (TPSA) is 150 Å². The van der Waals surface area contributed by atoms with Gasteiger partial charge in [0, 0.05) is 18.2 Å². The van der Waals surface area contributed by atoms with Crippen molar-refractivity contribution in [2.75, 3.05) is 7.11 Å². The molecule has 26 heavy (non-hydrogen) atoms. The van der Waals surface area contributed by atoms with Crippen molar-refractivity contribution in [1.29, 1.82) is 0 Å². The maximum Gasteiger partial charge on any atom is 1.00 e. The van der Waals surface area contributed by atoms with Crippen molar-refractivity contribution in [2.24, 2.45) is 0 Å². The first kappa shape index (κ1) is 22.4. The molecule has 0 aliphatic rings. The van der Waals surface area contributed by atoms with Gasteiger partial charge in [0.2, 0.25) is 0 Å². The SMILES string of the molecule is COc1c2c(=O)cc(C(=O)[O-])oc2cc2oc(C(=O)[O-])cc(=O)c12.[Na+].[Na+]. The van der Waals surface area contributed by atoms with Gasteiger partial charge in [0.15, 0.2) is 22.4 Å². The Balaban J connectivity index is 0.00000169. The van der Waals surface area contributed by atoms with E-state index in [0.717, 1.165) is 6.07 Å². The Morgan fingerprint density at radius 3 is 1.54 bits per heavy atom. The summed E-state index contributed by atoms with van der Waals surface area (Å²) >= 11 is 0. The molecular weight excluding hydrogens is 370 g/mol. The average Bonchev–Trinajstić information content (AvgIpc) is 2.52. The summed E-state index contributed by atoms with van der Waals surface area (Å²) in [7, 11) is 1.17. The smallest absolute Gasteiger partial charge is 0.542 e. The largest absolute Gasteiger partial charge is 1.00 e. The Morgan fingerprint density at radius 1 is 0.846 bits per heavy atom. The predicted molar refractivity (Wildman–Crippen MR) is 73.7 cm³/mol. The first-order valence-corrected chi connectivity index (χ1v) is 6.39. The molecule has 0 radical (unpaired) electrons. The van der Waals surface area contributed by atoms with E-state index in [1.54, 1.807) is 0 Å². The molecule has 2 aromatic heterocycles. The van der Waals surface area contributed by atoms with E-state index in [2.05, 4.69) is 0 Å². The Bertz CT molecular complexity index is 1060. The molecule has 2 heterocycles. The van der Waals surface area contributed by atoms with E-state index in [0.29, 0.717) is 12.1 Å². The molecule has 0 saturated heterocycles. The molecule has 0 N–H and O–H groups in total. The van der Waals surface area contributed by atoms with Crippen LogP contribution in [0.25, 0.3) is 21.9 Å². The van der Waals surface area contributed by atoms with Crippen molar-refractivity contribution in [3.63, 3.8) is 0 Å². The minimum atomic E-state index is -1.72. The average molecular weight is 376 g/mol. The van der Waals surface area contributed by atoms with Crippen LogP contribution >= 0.6 is 0 Å². The first-order valence-electron chi connectivity index (χ1n) is 6.39. The van der Waals surface area contributed by atoms with E-state index >= 15 is 0 Å². The van der Waals surface area contributed by atoms with Gasteiger partial charge in [0.1, 0.15) is 39.6 Å². The quantitative estimate of drug-likeness (QED) is 0.321.